The third-order valence-corrected chi connectivity index (χ3v) is 2.49. The van der Waals surface area contributed by atoms with E-state index in [1.807, 2.05) is 0 Å². The van der Waals surface area contributed by atoms with Crippen LogP contribution in [0.1, 0.15) is 6.92 Å². The van der Waals surface area contributed by atoms with Gasteiger partial charge in [0.25, 0.3) is 0 Å². The van der Waals surface area contributed by atoms with Gasteiger partial charge in [-0.2, -0.15) is 18.5 Å². The van der Waals surface area contributed by atoms with Crippen LogP contribution in [0, 0.1) is 0 Å². The first-order chi connectivity index (χ1) is 4.27. The molecule has 1 saturated heterocycles. The van der Waals surface area contributed by atoms with Gasteiger partial charge < -0.3 is 0 Å². The highest BCUT2D eigenvalue weighted by molar-refractivity contribution is 7.55. The summed E-state index contributed by atoms with van der Waals surface area (Å²) in [6.07, 6.45) is 0. The predicted octanol–water partition coefficient (Wildman–Crippen LogP) is 0.740. The van der Waals surface area contributed by atoms with Gasteiger partial charge >= 0.3 is 8.17 Å². The molecule has 9 heavy (non-hydrogen) atoms. The lowest BCUT2D eigenvalue weighted by Gasteiger charge is -2.03. The Morgan fingerprint density at radius 1 is 1.56 bits per heavy atom. The molecule has 0 aliphatic carbocycles. The van der Waals surface area contributed by atoms with Crippen LogP contribution in [0.15, 0.2) is 0 Å². The van der Waals surface area contributed by atoms with Gasteiger partial charge in [0.05, 0.1) is 6.61 Å². The minimum atomic E-state index is -2.82. The van der Waals surface area contributed by atoms with Crippen molar-refractivity contribution in [2.45, 2.75) is 6.92 Å². The zero-order chi connectivity index (χ0) is 6.74. The third-order valence-electron chi connectivity index (χ3n) is 0.884. The smallest absolute Gasteiger partial charge is 0.168 e. The van der Waals surface area contributed by atoms with E-state index < -0.39 is 8.17 Å². The molecular weight excluding hydrogens is 143 g/mol. The van der Waals surface area contributed by atoms with E-state index in [-0.39, 0.29) is 0 Å². The van der Waals surface area contributed by atoms with Crippen molar-refractivity contribution in [3.05, 3.63) is 0 Å². The summed E-state index contributed by atoms with van der Waals surface area (Å²) in [6.45, 7) is 3.07. The molecule has 1 N–H and O–H groups in total. The first-order valence-electron chi connectivity index (χ1n) is 2.82. The molecule has 1 heterocycles. The van der Waals surface area contributed by atoms with Crippen molar-refractivity contribution in [1.82, 2.24) is 0 Å². The van der Waals surface area contributed by atoms with E-state index in [2.05, 4.69) is 0 Å². The van der Waals surface area contributed by atoms with Crippen LogP contribution < -0.4 is 0 Å². The maximum atomic E-state index is 9.14. The zero-order valence-corrected chi connectivity index (χ0v) is 6.13. The molecule has 1 fully saturated rings. The van der Waals surface area contributed by atoms with Crippen LogP contribution in [-0.4, -0.2) is 24.7 Å². The van der Waals surface area contributed by atoms with Gasteiger partial charge in [-0.25, -0.2) is 0 Å². The fraction of sp³-hybridized carbons (Fsp3) is 1.00. The third kappa shape index (κ3) is 1.85. The molecular formula is C4H10O4P+. The molecule has 0 aromatic rings. The molecule has 0 unspecified atom stereocenters. The van der Waals surface area contributed by atoms with E-state index in [1.54, 1.807) is 6.92 Å². The average Bonchev–Trinajstić information content (AvgIpc) is 2.16. The van der Waals surface area contributed by atoms with Gasteiger partial charge in [0.2, 0.25) is 0 Å². The molecule has 0 amide bonds. The van der Waals surface area contributed by atoms with Crippen molar-refractivity contribution in [1.29, 1.82) is 0 Å². The van der Waals surface area contributed by atoms with Gasteiger partial charge in [0.1, 0.15) is 13.2 Å². The summed E-state index contributed by atoms with van der Waals surface area (Å²) in [7, 11) is -2.82. The van der Waals surface area contributed by atoms with E-state index in [0.717, 1.165) is 0 Å². The van der Waals surface area contributed by atoms with Gasteiger partial charge in [-0.15, -0.1) is 0 Å². The van der Waals surface area contributed by atoms with Crippen LogP contribution in [-0.2, 0) is 13.6 Å². The van der Waals surface area contributed by atoms with Crippen molar-refractivity contribution < 1.29 is 18.5 Å². The van der Waals surface area contributed by atoms with Crippen molar-refractivity contribution in [3.8, 4) is 0 Å². The fourth-order valence-electron chi connectivity index (χ4n) is 0.580. The average molecular weight is 153 g/mol. The van der Waals surface area contributed by atoms with Gasteiger partial charge in [0, 0.05) is 0 Å². The molecule has 1 aliphatic heterocycles. The molecule has 1 rings (SSSR count). The first-order valence-corrected chi connectivity index (χ1v) is 4.32. The largest absolute Gasteiger partial charge is 0.572 e. The highest BCUT2D eigenvalue weighted by atomic mass is 31.2. The van der Waals surface area contributed by atoms with E-state index in [9.17, 15) is 0 Å². The van der Waals surface area contributed by atoms with Crippen LogP contribution in [0.4, 0.5) is 0 Å². The Morgan fingerprint density at radius 3 is 2.56 bits per heavy atom. The minimum absolute atomic E-state index is 0.421. The lowest BCUT2D eigenvalue weighted by atomic mass is 10.8. The molecule has 5 heteroatoms. The molecule has 0 bridgehead atoms. The number of rotatable bonds is 2. The lowest BCUT2D eigenvalue weighted by Crippen LogP contribution is -1.95. The van der Waals surface area contributed by atoms with Crippen molar-refractivity contribution >= 4 is 8.17 Å². The summed E-state index contributed by atoms with van der Waals surface area (Å²) in [6, 6.07) is 0. The second kappa shape index (κ2) is 2.90. The van der Waals surface area contributed by atoms with Gasteiger partial charge in [-0.3, -0.25) is 0 Å². The molecule has 0 aromatic heterocycles. The molecule has 0 spiro atoms. The Morgan fingerprint density at radius 2 is 2.11 bits per heavy atom. The fourth-order valence-corrected chi connectivity index (χ4v) is 1.74. The lowest BCUT2D eigenvalue weighted by molar-refractivity contribution is 0.162. The first kappa shape index (κ1) is 7.38. The topological polar surface area (TPSA) is 47.9 Å². The van der Waals surface area contributed by atoms with Crippen molar-refractivity contribution in [2.75, 3.05) is 19.8 Å². The maximum Gasteiger partial charge on any atom is 0.572 e. The molecule has 1 aliphatic rings. The van der Waals surface area contributed by atoms with Gasteiger partial charge in [-0.05, 0) is 6.92 Å². The SMILES string of the molecule is CCO[P+]1(O)OCCO1. The van der Waals surface area contributed by atoms with Crippen molar-refractivity contribution in [2.24, 2.45) is 0 Å². The van der Waals surface area contributed by atoms with E-state index in [0.29, 0.717) is 19.8 Å². The standard InChI is InChI=1S/C4H10O4P/c1-2-6-9(5)7-3-4-8-9/h5H,2-4H2,1H3/q+1. The molecule has 0 aromatic carbocycles. The second-order valence-electron chi connectivity index (χ2n) is 1.55. The monoisotopic (exact) mass is 153 g/mol. The Balaban J connectivity index is 2.32. The molecule has 4 nitrogen and oxygen atoms in total. The van der Waals surface area contributed by atoms with Crippen molar-refractivity contribution in [3.63, 3.8) is 0 Å². The summed E-state index contributed by atoms with van der Waals surface area (Å²) in [5.74, 6) is 0. The summed E-state index contributed by atoms with van der Waals surface area (Å²) in [5, 5.41) is 0. The highest BCUT2D eigenvalue weighted by Gasteiger charge is 2.48. The van der Waals surface area contributed by atoms with Gasteiger partial charge in [-0.1, -0.05) is 0 Å². The maximum absolute atomic E-state index is 9.14. The van der Waals surface area contributed by atoms with Crippen LogP contribution in [0.25, 0.3) is 0 Å². The number of hydrogen-bond donors (Lipinski definition) is 1. The van der Waals surface area contributed by atoms with Crippen LogP contribution in [0.5, 0.6) is 0 Å². The van der Waals surface area contributed by atoms with E-state index in [1.165, 1.54) is 0 Å². The summed E-state index contributed by atoms with van der Waals surface area (Å²) in [5.41, 5.74) is 0. The molecule has 0 atom stereocenters. The van der Waals surface area contributed by atoms with Crippen LogP contribution in [0.3, 0.4) is 0 Å². The Labute approximate surface area is 54.4 Å². The van der Waals surface area contributed by atoms with E-state index in [4.69, 9.17) is 18.5 Å². The molecule has 0 radical (unpaired) electrons. The van der Waals surface area contributed by atoms with Crippen LogP contribution in [0.2, 0.25) is 0 Å². The van der Waals surface area contributed by atoms with E-state index >= 15 is 0 Å². The highest BCUT2D eigenvalue weighted by Crippen LogP contribution is 2.60. The second-order valence-corrected chi connectivity index (χ2v) is 3.26. The quantitative estimate of drug-likeness (QED) is 0.594. The summed E-state index contributed by atoms with van der Waals surface area (Å²) >= 11 is 0. The Kier molecular flexibility index (Phi) is 2.38. The Bertz CT molecular complexity index is 90.6. The molecule has 0 saturated carbocycles. The normalized spacial score (nSPS) is 24.7. The summed E-state index contributed by atoms with van der Waals surface area (Å²) in [4.78, 5) is 9.14. The minimum Gasteiger partial charge on any atom is -0.168 e. The number of hydrogen-bond acceptors (Lipinski definition) is 4. The Hall–Kier alpha value is 0.270. The predicted molar refractivity (Wildman–Crippen MR) is 32.7 cm³/mol. The van der Waals surface area contributed by atoms with Gasteiger partial charge in [0.15, 0.2) is 0 Å². The summed E-state index contributed by atoms with van der Waals surface area (Å²) < 4.78 is 14.4. The zero-order valence-electron chi connectivity index (χ0n) is 5.24. The van der Waals surface area contributed by atoms with Crippen LogP contribution >= 0.6 is 8.17 Å². The molecule has 54 valence electrons.